The van der Waals surface area contributed by atoms with Crippen molar-refractivity contribution in [3.8, 4) is 0 Å². The van der Waals surface area contributed by atoms with Crippen LogP contribution in [0, 0.1) is 0 Å². The first-order valence-electron chi connectivity index (χ1n) is 6.31. The molecule has 0 radical (unpaired) electrons. The van der Waals surface area contributed by atoms with Crippen molar-refractivity contribution in [3.63, 3.8) is 0 Å². The third-order valence-corrected chi connectivity index (χ3v) is 3.92. The minimum absolute atomic E-state index is 0.123. The van der Waals surface area contributed by atoms with Crippen LogP contribution in [0.4, 0.5) is 8.78 Å². The van der Waals surface area contributed by atoms with Crippen LogP contribution in [-0.4, -0.2) is 29.8 Å². The van der Waals surface area contributed by atoms with Gasteiger partial charge in [0.15, 0.2) is 0 Å². The predicted octanol–water partition coefficient (Wildman–Crippen LogP) is 3.81. The molecule has 1 heterocycles. The summed E-state index contributed by atoms with van der Waals surface area (Å²) in [6.45, 7) is 1.73. The number of likely N-dealkylation sites (tertiary alicyclic amines) is 1. The Balaban J connectivity index is 2.11. The van der Waals surface area contributed by atoms with Gasteiger partial charge in [-0.15, -0.1) is 0 Å². The van der Waals surface area contributed by atoms with Gasteiger partial charge in [0.2, 0.25) is 5.91 Å². The van der Waals surface area contributed by atoms with Crippen molar-refractivity contribution in [1.82, 2.24) is 4.90 Å². The molecular formula is C14H16BrF2NO. The highest BCUT2D eigenvalue weighted by molar-refractivity contribution is 9.10. The van der Waals surface area contributed by atoms with E-state index in [0.717, 1.165) is 10.0 Å². The zero-order valence-corrected chi connectivity index (χ0v) is 12.3. The van der Waals surface area contributed by atoms with Crippen LogP contribution in [-0.2, 0) is 4.79 Å². The van der Waals surface area contributed by atoms with Gasteiger partial charge in [-0.2, -0.15) is 0 Å². The number of nitrogens with zero attached hydrogens (tertiary/aromatic N) is 1. The summed E-state index contributed by atoms with van der Waals surface area (Å²) in [5.41, 5.74) is 0.841. The summed E-state index contributed by atoms with van der Waals surface area (Å²) in [7, 11) is 0. The first-order valence-corrected chi connectivity index (χ1v) is 7.10. The molecule has 0 aliphatic carbocycles. The van der Waals surface area contributed by atoms with E-state index in [9.17, 15) is 13.6 Å². The highest BCUT2D eigenvalue weighted by Crippen LogP contribution is 2.29. The molecule has 104 valence electrons. The molecule has 1 saturated heterocycles. The van der Waals surface area contributed by atoms with Crippen molar-refractivity contribution in [2.45, 2.75) is 31.6 Å². The number of benzene rings is 1. The Morgan fingerprint density at radius 2 is 2.21 bits per heavy atom. The molecule has 1 aromatic rings. The number of alkyl halides is 2. The predicted molar refractivity (Wildman–Crippen MR) is 73.3 cm³/mol. The summed E-state index contributed by atoms with van der Waals surface area (Å²) in [6.07, 6.45) is 0.242. The monoisotopic (exact) mass is 331 g/mol. The van der Waals surface area contributed by atoms with Crippen molar-refractivity contribution in [3.05, 3.63) is 34.3 Å². The Labute approximate surface area is 119 Å². The van der Waals surface area contributed by atoms with Crippen molar-refractivity contribution in [1.29, 1.82) is 0 Å². The minimum atomic E-state index is -2.75. The third-order valence-electron chi connectivity index (χ3n) is 3.42. The molecule has 0 saturated carbocycles. The number of carbonyl (C=O) groups is 1. The largest absolute Gasteiger partial charge is 0.336 e. The van der Waals surface area contributed by atoms with Crippen LogP contribution in [0.2, 0.25) is 0 Å². The second kappa shape index (κ2) is 5.57. The fourth-order valence-corrected chi connectivity index (χ4v) is 2.76. The maximum absolute atomic E-state index is 13.3. The molecule has 1 fully saturated rings. The summed E-state index contributed by atoms with van der Waals surface area (Å²) in [5.74, 6) is -3.37. The van der Waals surface area contributed by atoms with Crippen molar-refractivity contribution < 1.29 is 13.6 Å². The van der Waals surface area contributed by atoms with Crippen LogP contribution >= 0.6 is 15.9 Å². The van der Waals surface area contributed by atoms with E-state index >= 15 is 0 Å². The van der Waals surface area contributed by atoms with Crippen LogP contribution < -0.4 is 0 Å². The van der Waals surface area contributed by atoms with E-state index in [2.05, 4.69) is 15.9 Å². The van der Waals surface area contributed by atoms with Gasteiger partial charge < -0.3 is 4.90 Å². The van der Waals surface area contributed by atoms with E-state index in [4.69, 9.17) is 0 Å². The molecule has 5 heteroatoms. The van der Waals surface area contributed by atoms with Crippen LogP contribution in [0.15, 0.2) is 28.7 Å². The van der Waals surface area contributed by atoms with Gasteiger partial charge in [-0.25, -0.2) is 8.78 Å². The molecule has 0 spiro atoms. The van der Waals surface area contributed by atoms with Gasteiger partial charge >= 0.3 is 0 Å². The fourth-order valence-electron chi connectivity index (χ4n) is 2.35. The number of piperidine rings is 1. The van der Waals surface area contributed by atoms with Crippen LogP contribution in [0.1, 0.15) is 31.2 Å². The molecule has 0 aromatic heterocycles. The summed E-state index contributed by atoms with van der Waals surface area (Å²) in [5, 5.41) is 0. The highest BCUT2D eigenvalue weighted by Gasteiger charge is 2.38. The Bertz CT molecular complexity index is 478. The molecule has 1 aliphatic rings. The van der Waals surface area contributed by atoms with Crippen molar-refractivity contribution >= 4 is 21.8 Å². The Hall–Kier alpha value is -0.970. The Morgan fingerprint density at radius 1 is 1.47 bits per heavy atom. The van der Waals surface area contributed by atoms with Crippen LogP contribution in [0.25, 0.3) is 0 Å². The summed E-state index contributed by atoms with van der Waals surface area (Å²) < 4.78 is 27.6. The summed E-state index contributed by atoms with van der Waals surface area (Å²) in [4.78, 5) is 13.6. The van der Waals surface area contributed by atoms with Gasteiger partial charge in [-0.05, 0) is 31.0 Å². The van der Waals surface area contributed by atoms with Crippen LogP contribution in [0.3, 0.4) is 0 Å². The normalized spacial score (nSPS) is 20.1. The first kappa shape index (κ1) is 14.4. The molecule has 0 bridgehead atoms. The number of rotatable bonds is 2. The third kappa shape index (κ3) is 3.53. The van der Waals surface area contributed by atoms with Gasteiger partial charge in [-0.3, -0.25) is 4.79 Å². The molecule has 1 unspecified atom stereocenters. The van der Waals surface area contributed by atoms with E-state index in [-0.39, 0.29) is 12.3 Å². The minimum Gasteiger partial charge on any atom is -0.336 e. The molecule has 19 heavy (non-hydrogen) atoms. The average molecular weight is 332 g/mol. The SMILES string of the molecule is CC(C(=O)N1CCCC(F)(F)C1)c1cccc(Br)c1. The van der Waals surface area contributed by atoms with Gasteiger partial charge in [0.05, 0.1) is 12.5 Å². The molecule has 1 aromatic carbocycles. The zero-order chi connectivity index (χ0) is 14.0. The second-order valence-electron chi connectivity index (χ2n) is 5.00. The average Bonchev–Trinajstić information content (AvgIpc) is 2.36. The van der Waals surface area contributed by atoms with E-state index in [0.29, 0.717) is 13.0 Å². The maximum Gasteiger partial charge on any atom is 0.265 e. The van der Waals surface area contributed by atoms with Crippen LogP contribution in [0.5, 0.6) is 0 Å². The number of hydrogen-bond acceptors (Lipinski definition) is 1. The number of hydrogen-bond donors (Lipinski definition) is 0. The summed E-state index contributed by atoms with van der Waals surface area (Å²) in [6, 6.07) is 7.41. The van der Waals surface area contributed by atoms with Crippen molar-refractivity contribution in [2.75, 3.05) is 13.1 Å². The lowest BCUT2D eigenvalue weighted by atomic mass is 9.98. The zero-order valence-electron chi connectivity index (χ0n) is 10.7. The smallest absolute Gasteiger partial charge is 0.265 e. The van der Waals surface area contributed by atoms with E-state index in [1.165, 1.54) is 4.90 Å². The lowest BCUT2D eigenvalue weighted by Crippen LogP contribution is -2.47. The van der Waals surface area contributed by atoms with E-state index in [1.54, 1.807) is 6.92 Å². The number of halogens is 3. The van der Waals surface area contributed by atoms with Gasteiger partial charge in [0.1, 0.15) is 0 Å². The lowest BCUT2D eigenvalue weighted by molar-refractivity contribution is -0.142. The number of carbonyl (C=O) groups excluding carboxylic acids is 1. The molecule has 2 rings (SSSR count). The van der Waals surface area contributed by atoms with E-state index < -0.39 is 18.4 Å². The molecule has 0 N–H and O–H groups in total. The first-order chi connectivity index (χ1) is 8.89. The van der Waals surface area contributed by atoms with Crippen molar-refractivity contribution in [2.24, 2.45) is 0 Å². The number of amides is 1. The second-order valence-corrected chi connectivity index (χ2v) is 5.91. The Morgan fingerprint density at radius 3 is 2.84 bits per heavy atom. The topological polar surface area (TPSA) is 20.3 Å². The molecule has 1 aliphatic heterocycles. The van der Waals surface area contributed by atoms with E-state index in [1.807, 2.05) is 24.3 Å². The standard InChI is InChI=1S/C14H16BrF2NO/c1-10(11-4-2-5-12(15)8-11)13(19)18-7-3-6-14(16,17)9-18/h2,4-5,8,10H,3,6-7,9H2,1H3. The van der Waals surface area contributed by atoms with Gasteiger partial charge in [0.25, 0.3) is 5.92 Å². The molecular weight excluding hydrogens is 316 g/mol. The Kier molecular flexibility index (Phi) is 4.23. The fraction of sp³-hybridized carbons (Fsp3) is 0.500. The van der Waals surface area contributed by atoms with Gasteiger partial charge in [-0.1, -0.05) is 28.1 Å². The quantitative estimate of drug-likeness (QED) is 0.806. The molecule has 2 nitrogen and oxygen atoms in total. The highest BCUT2D eigenvalue weighted by atomic mass is 79.9. The maximum atomic E-state index is 13.3. The lowest BCUT2D eigenvalue weighted by Gasteiger charge is -2.34. The molecule has 1 amide bonds. The molecule has 1 atom stereocenters. The van der Waals surface area contributed by atoms with Gasteiger partial charge in [0, 0.05) is 17.4 Å². The summed E-state index contributed by atoms with van der Waals surface area (Å²) >= 11 is 3.35.